The molecule has 0 atom stereocenters. The molecule has 0 fully saturated rings. The summed E-state index contributed by atoms with van der Waals surface area (Å²) in [5.41, 5.74) is 4.29. The number of carbonyl (C=O) groups excluding carboxylic acids is 1. The van der Waals surface area contributed by atoms with Gasteiger partial charge in [-0.3, -0.25) is 10.1 Å². The number of amides is 1. The molecular formula is C26H21FN6O. The van der Waals surface area contributed by atoms with Crippen LogP contribution in [0.5, 0.6) is 0 Å². The summed E-state index contributed by atoms with van der Waals surface area (Å²) in [4.78, 5) is 17.6. The average molecular weight is 452 g/mol. The zero-order valence-corrected chi connectivity index (χ0v) is 18.4. The Morgan fingerprint density at radius 3 is 2.29 bits per heavy atom. The summed E-state index contributed by atoms with van der Waals surface area (Å²) in [7, 11) is 0. The molecule has 0 saturated carbocycles. The van der Waals surface area contributed by atoms with Gasteiger partial charge < -0.3 is 0 Å². The molecule has 2 aromatic heterocycles. The van der Waals surface area contributed by atoms with E-state index in [9.17, 15) is 9.18 Å². The fraction of sp³-hybridized carbons (Fsp3) is 0.0769. The highest BCUT2D eigenvalue weighted by Gasteiger charge is 2.24. The maximum Gasteiger partial charge on any atom is 0.262 e. The van der Waals surface area contributed by atoms with E-state index in [1.807, 2.05) is 67.6 Å². The van der Waals surface area contributed by atoms with Gasteiger partial charge in [-0.2, -0.15) is 5.10 Å². The van der Waals surface area contributed by atoms with Crippen molar-refractivity contribution in [3.05, 3.63) is 114 Å². The van der Waals surface area contributed by atoms with Crippen molar-refractivity contribution in [2.75, 3.05) is 5.32 Å². The first-order valence-electron chi connectivity index (χ1n) is 10.7. The molecule has 0 radical (unpaired) electrons. The average Bonchev–Trinajstić information content (AvgIpc) is 3.45. The third kappa shape index (κ3) is 4.33. The van der Waals surface area contributed by atoms with E-state index in [0.29, 0.717) is 23.5 Å². The van der Waals surface area contributed by atoms with Crippen molar-refractivity contribution in [1.82, 2.24) is 24.5 Å². The molecule has 0 spiro atoms. The number of aromatic nitrogens is 5. The molecule has 0 unspecified atom stereocenters. The fourth-order valence-electron chi connectivity index (χ4n) is 3.76. The highest BCUT2D eigenvalue weighted by atomic mass is 19.1. The van der Waals surface area contributed by atoms with Crippen LogP contribution >= 0.6 is 0 Å². The van der Waals surface area contributed by atoms with E-state index in [0.717, 1.165) is 16.8 Å². The van der Waals surface area contributed by atoms with Gasteiger partial charge in [0.1, 0.15) is 17.8 Å². The molecule has 34 heavy (non-hydrogen) atoms. The molecule has 8 heteroatoms. The molecule has 0 bridgehead atoms. The Hall–Kier alpha value is -4.59. The zero-order chi connectivity index (χ0) is 23.5. The minimum absolute atomic E-state index is 0.179. The summed E-state index contributed by atoms with van der Waals surface area (Å²) in [6.45, 7) is 2.27. The van der Waals surface area contributed by atoms with Crippen LogP contribution in [-0.4, -0.2) is 30.5 Å². The smallest absolute Gasteiger partial charge is 0.262 e. The Kier molecular flexibility index (Phi) is 5.70. The van der Waals surface area contributed by atoms with E-state index in [-0.39, 0.29) is 17.7 Å². The van der Waals surface area contributed by atoms with Crippen LogP contribution in [0.25, 0.3) is 16.9 Å². The zero-order valence-electron chi connectivity index (χ0n) is 18.4. The molecule has 3 aromatic carbocycles. The number of hydrogen-bond acceptors (Lipinski definition) is 4. The van der Waals surface area contributed by atoms with Crippen LogP contribution in [0, 0.1) is 12.7 Å². The van der Waals surface area contributed by atoms with Crippen LogP contribution < -0.4 is 5.32 Å². The van der Waals surface area contributed by atoms with E-state index in [4.69, 9.17) is 5.10 Å². The van der Waals surface area contributed by atoms with Crippen LogP contribution in [0.3, 0.4) is 0 Å². The molecular weight excluding hydrogens is 431 g/mol. The SMILES string of the molecule is Cc1c(C(=O)Nc2ncn(Cc3ccc(F)cc3)n2)c(-c2ccccc2)nn1-c1ccccc1. The Morgan fingerprint density at radius 1 is 0.912 bits per heavy atom. The van der Waals surface area contributed by atoms with E-state index in [1.54, 1.807) is 21.5 Å². The quantitative estimate of drug-likeness (QED) is 0.398. The maximum absolute atomic E-state index is 13.4. The summed E-state index contributed by atoms with van der Waals surface area (Å²) >= 11 is 0. The van der Waals surface area contributed by atoms with Gasteiger partial charge in [0.15, 0.2) is 0 Å². The highest BCUT2D eigenvalue weighted by molar-refractivity contribution is 6.08. The third-order valence-electron chi connectivity index (χ3n) is 5.41. The van der Waals surface area contributed by atoms with Crippen LogP contribution in [0.1, 0.15) is 21.6 Å². The number of anilines is 1. The Morgan fingerprint density at radius 2 is 1.59 bits per heavy atom. The van der Waals surface area contributed by atoms with Gasteiger partial charge in [-0.15, -0.1) is 5.10 Å². The summed E-state index contributed by atoms with van der Waals surface area (Å²) < 4.78 is 16.5. The molecule has 0 aliphatic rings. The Bertz CT molecular complexity index is 1430. The number of carbonyl (C=O) groups is 1. The van der Waals surface area contributed by atoms with Crippen molar-refractivity contribution in [2.24, 2.45) is 0 Å². The second kappa shape index (κ2) is 9.11. The van der Waals surface area contributed by atoms with Crippen molar-refractivity contribution in [3.8, 4) is 16.9 Å². The van der Waals surface area contributed by atoms with Gasteiger partial charge in [-0.05, 0) is 36.8 Å². The van der Waals surface area contributed by atoms with Crippen LogP contribution in [0.4, 0.5) is 10.3 Å². The molecule has 1 amide bonds. The molecule has 5 aromatic rings. The summed E-state index contributed by atoms with van der Waals surface area (Å²) in [6, 6.07) is 25.4. The van der Waals surface area contributed by atoms with E-state index in [1.165, 1.54) is 18.5 Å². The molecule has 0 aliphatic carbocycles. The number of benzene rings is 3. The fourth-order valence-corrected chi connectivity index (χ4v) is 3.76. The minimum atomic E-state index is -0.349. The van der Waals surface area contributed by atoms with Crippen molar-refractivity contribution in [1.29, 1.82) is 0 Å². The molecule has 1 N–H and O–H groups in total. The van der Waals surface area contributed by atoms with Gasteiger partial charge in [-0.25, -0.2) is 18.7 Å². The monoisotopic (exact) mass is 452 g/mol. The lowest BCUT2D eigenvalue weighted by molar-refractivity contribution is 0.102. The van der Waals surface area contributed by atoms with Crippen molar-refractivity contribution in [3.63, 3.8) is 0 Å². The third-order valence-corrected chi connectivity index (χ3v) is 5.41. The second-order valence-electron chi connectivity index (χ2n) is 7.77. The molecule has 5 rings (SSSR count). The molecule has 168 valence electrons. The van der Waals surface area contributed by atoms with E-state index >= 15 is 0 Å². The number of para-hydroxylation sites is 1. The number of rotatable bonds is 6. The van der Waals surface area contributed by atoms with Gasteiger partial charge >= 0.3 is 0 Å². The molecule has 7 nitrogen and oxygen atoms in total. The summed E-state index contributed by atoms with van der Waals surface area (Å²) in [5.74, 6) is -0.466. The number of halogens is 1. The molecule has 0 aliphatic heterocycles. The van der Waals surface area contributed by atoms with Gasteiger partial charge in [-0.1, -0.05) is 60.7 Å². The van der Waals surface area contributed by atoms with Crippen LogP contribution in [0.15, 0.2) is 91.3 Å². The Labute approximate surface area is 195 Å². The van der Waals surface area contributed by atoms with Gasteiger partial charge in [0.05, 0.1) is 23.5 Å². The lowest BCUT2D eigenvalue weighted by Crippen LogP contribution is -2.15. The minimum Gasteiger partial charge on any atom is -0.289 e. The topological polar surface area (TPSA) is 77.6 Å². The second-order valence-corrected chi connectivity index (χ2v) is 7.77. The number of nitrogens with one attached hydrogen (secondary N) is 1. The van der Waals surface area contributed by atoms with Crippen molar-refractivity contribution in [2.45, 2.75) is 13.5 Å². The first-order chi connectivity index (χ1) is 16.6. The van der Waals surface area contributed by atoms with Crippen LogP contribution in [-0.2, 0) is 6.54 Å². The van der Waals surface area contributed by atoms with E-state index < -0.39 is 0 Å². The van der Waals surface area contributed by atoms with Gasteiger partial charge in [0.2, 0.25) is 5.95 Å². The normalized spacial score (nSPS) is 10.9. The van der Waals surface area contributed by atoms with Crippen LogP contribution in [0.2, 0.25) is 0 Å². The first kappa shape index (κ1) is 21.3. The van der Waals surface area contributed by atoms with E-state index in [2.05, 4.69) is 15.4 Å². The predicted molar refractivity (Wildman–Crippen MR) is 127 cm³/mol. The number of nitrogens with zero attached hydrogens (tertiary/aromatic N) is 5. The first-order valence-corrected chi connectivity index (χ1v) is 10.7. The van der Waals surface area contributed by atoms with Gasteiger partial charge in [0.25, 0.3) is 5.91 Å². The standard InChI is InChI=1S/C26H21FN6O/c1-18-23(24(20-8-4-2-5-9-20)30-33(18)22-10-6-3-7-11-22)25(34)29-26-28-17-32(31-26)16-19-12-14-21(27)15-13-19/h2-15,17H,16H2,1H3,(H,29,31,34). The largest absolute Gasteiger partial charge is 0.289 e. The number of hydrogen-bond donors (Lipinski definition) is 1. The van der Waals surface area contributed by atoms with Gasteiger partial charge in [0, 0.05) is 5.56 Å². The highest BCUT2D eigenvalue weighted by Crippen LogP contribution is 2.27. The molecule has 2 heterocycles. The molecule has 0 saturated heterocycles. The van der Waals surface area contributed by atoms with Crippen molar-refractivity contribution < 1.29 is 9.18 Å². The predicted octanol–water partition coefficient (Wildman–Crippen LogP) is 4.88. The van der Waals surface area contributed by atoms with Crippen molar-refractivity contribution >= 4 is 11.9 Å². The Balaban J connectivity index is 1.45. The summed E-state index contributed by atoms with van der Waals surface area (Å²) in [5, 5.41) is 11.9. The summed E-state index contributed by atoms with van der Waals surface area (Å²) in [6.07, 6.45) is 1.53. The lowest BCUT2D eigenvalue weighted by Gasteiger charge is -2.05. The maximum atomic E-state index is 13.4. The lowest BCUT2D eigenvalue weighted by atomic mass is 10.1.